The second-order valence-corrected chi connectivity index (χ2v) is 7.25. The Hall–Kier alpha value is -0.820. The van der Waals surface area contributed by atoms with Gasteiger partial charge in [0, 0.05) is 44.1 Å². The van der Waals surface area contributed by atoms with E-state index in [4.69, 9.17) is 16.3 Å². The summed E-state index contributed by atoms with van der Waals surface area (Å²) in [6.07, 6.45) is 2.05. The van der Waals surface area contributed by atoms with E-state index in [9.17, 15) is 0 Å². The molecule has 0 saturated carbocycles. The number of nitrogens with zero attached hydrogens (tertiary/aromatic N) is 2. The standard InChI is InChI=1S/C16H27ClN4OS/c1-2-18-16(20-8-6-14-4-5-15(17)23-14)19-7-3-9-21-10-12-22-13-11-21/h4-5H,2-3,6-13H2,1H3,(H2,18,19,20). The van der Waals surface area contributed by atoms with Crippen molar-refractivity contribution in [3.8, 4) is 0 Å². The van der Waals surface area contributed by atoms with Gasteiger partial charge in [-0.15, -0.1) is 11.3 Å². The normalized spacial score (nSPS) is 16.5. The first-order valence-electron chi connectivity index (χ1n) is 8.34. The van der Waals surface area contributed by atoms with E-state index in [1.54, 1.807) is 11.3 Å². The zero-order valence-corrected chi connectivity index (χ0v) is 15.4. The lowest BCUT2D eigenvalue weighted by molar-refractivity contribution is 0.0377. The number of thiophene rings is 1. The molecular weight excluding hydrogens is 332 g/mol. The SMILES string of the molecule is CCNC(=NCCCN1CCOCC1)NCCc1ccc(Cl)s1. The first-order valence-corrected chi connectivity index (χ1v) is 9.54. The average Bonchev–Trinajstić information content (AvgIpc) is 2.98. The number of morpholine rings is 1. The second-order valence-electron chi connectivity index (χ2n) is 5.45. The monoisotopic (exact) mass is 358 g/mol. The maximum atomic E-state index is 5.95. The molecule has 7 heteroatoms. The molecule has 1 aromatic rings. The van der Waals surface area contributed by atoms with Crippen molar-refractivity contribution in [3.05, 3.63) is 21.3 Å². The van der Waals surface area contributed by atoms with Crippen molar-refractivity contribution in [1.29, 1.82) is 0 Å². The van der Waals surface area contributed by atoms with Gasteiger partial charge in [-0.3, -0.25) is 9.89 Å². The molecule has 5 nitrogen and oxygen atoms in total. The average molecular weight is 359 g/mol. The van der Waals surface area contributed by atoms with Crippen molar-refractivity contribution in [2.24, 2.45) is 4.99 Å². The van der Waals surface area contributed by atoms with Gasteiger partial charge >= 0.3 is 0 Å². The predicted molar refractivity (Wildman–Crippen MR) is 98.9 cm³/mol. The molecule has 0 spiro atoms. The third-order valence-electron chi connectivity index (χ3n) is 3.64. The van der Waals surface area contributed by atoms with Crippen LogP contribution in [-0.2, 0) is 11.2 Å². The Morgan fingerprint density at radius 1 is 1.35 bits per heavy atom. The summed E-state index contributed by atoms with van der Waals surface area (Å²) in [5.41, 5.74) is 0. The molecule has 0 unspecified atom stereocenters. The zero-order chi connectivity index (χ0) is 16.3. The zero-order valence-electron chi connectivity index (χ0n) is 13.8. The largest absolute Gasteiger partial charge is 0.379 e. The van der Waals surface area contributed by atoms with Crippen LogP contribution in [0.1, 0.15) is 18.2 Å². The van der Waals surface area contributed by atoms with Crippen LogP contribution in [0.15, 0.2) is 17.1 Å². The number of aliphatic imine (C=N–C) groups is 1. The molecule has 1 saturated heterocycles. The molecule has 0 atom stereocenters. The first kappa shape index (κ1) is 18.5. The summed E-state index contributed by atoms with van der Waals surface area (Å²) < 4.78 is 6.21. The fourth-order valence-corrected chi connectivity index (χ4v) is 3.53. The summed E-state index contributed by atoms with van der Waals surface area (Å²) in [5, 5.41) is 6.68. The molecule has 1 aliphatic rings. The van der Waals surface area contributed by atoms with Gasteiger partial charge in [-0.1, -0.05) is 11.6 Å². The fraction of sp³-hybridized carbons (Fsp3) is 0.688. The van der Waals surface area contributed by atoms with E-state index >= 15 is 0 Å². The van der Waals surface area contributed by atoms with Crippen LogP contribution in [0.5, 0.6) is 0 Å². The van der Waals surface area contributed by atoms with Gasteiger partial charge in [-0.2, -0.15) is 0 Å². The van der Waals surface area contributed by atoms with Crippen LogP contribution < -0.4 is 10.6 Å². The lowest BCUT2D eigenvalue weighted by Gasteiger charge is -2.26. The molecule has 2 rings (SSSR count). The minimum atomic E-state index is 0.845. The Labute approximate surface area is 148 Å². The van der Waals surface area contributed by atoms with E-state index in [2.05, 4.69) is 33.5 Å². The molecule has 0 bridgehead atoms. The van der Waals surface area contributed by atoms with Gasteiger partial charge in [-0.25, -0.2) is 0 Å². The number of hydrogen-bond donors (Lipinski definition) is 2. The molecule has 130 valence electrons. The topological polar surface area (TPSA) is 48.9 Å². The molecule has 0 radical (unpaired) electrons. The highest BCUT2D eigenvalue weighted by molar-refractivity contribution is 7.16. The van der Waals surface area contributed by atoms with Crippen LogP contribution in [0.25, 0.3) is 0 Å². The van der Waals surface area contributed by atoms with Crippen molar-refractivity contribution in [3.63, 3.8) is 0 Å². The lowest BCUT2D eigenvalue weighted by Crippen LogP contribution is -2.39. The van der Waals surface area contributed by atoms with Gasteiger partial charge in [0.1, 0.15) is 0 Å². The van der Waals surface area contributed by atoms with E-state index in [0.717, 1.165) is 75.6 Å². The molecule has 23 heavy (non-hydrogen) atoms. The Morgan fingerprint density at radius 2 is 2.17 bits per heavy atom. The molecule has 0 aromatic carbocycles. The summed E-state index contributed by atoms with van der Waals surface area (Å²) in [6, 6.07) is 4.04. The van der Waals surface area contributed by atoms with Crippen LogP contribution in [0.4, 0.5) is 0 Å². The molecule has 0 aliphatic carbocycles. The van der Waals surface area contributed by atoms with Gasteiger partial charge in [0.15, 0.2) is 5.96 Å². The number of rotatable bonds is 8. The minimum absolute atomic E-state index is 0.845. The van der Waals surface area contributed by atoms with Crippen LogP contribution in [0.2, 0.25) is 4.34 Å². The summed E-state index contributed by atoms with van der Waals surface area (Å²) in [6.45, 7) is 9.59. The Kier molecular flexibility index (Phi) is 8.74. The summed E-state index contributed by atoms with van der Waals surface area (Å²) >= 11 is 7.59. The third-order valence-corrected chi connectivity index (χ3v) is 4.93. The second kappa shape index (κ2) is 10.9. The first-order chi connectivity index (χ1) is 11.3. The van der Waals surface area contributed by atoms with E-state index in [1.165, 1.54) is 4.88 Å². The highest BCUT2D eigenvalue weighted by Crippen LogP contribution is 2.21. The number of guanidine groups is 1. The number of halogens is 1. The van der Waals surface area contributed by atoms with Crippen molar-refractivity contribution >= 4 is 28.9 Å². The van der Waals surface area contributed by atoms with E-state index in [-0.39, 0.29) is 0 Å². The number of ether oxygens (including phenoxy) is 1. The maximum absolute atomic E-state index is 5.95. The predicted octanol–water partition coefficient (Wildman–Crippen LogP) is 2.22. The van der Waals surface area contributed by atoms with Crippen molar-refractivity contribution < 1.29 is 4.74 Å². The number of nitrogens with one attached hydrogen (secondary N) is 2. The third kappa shape index (κ3) is 7.52. The molecule has 1 fully saturated rings. The van der Waals surface area contributed by atoms with E-state index < -0.39 is 0 Å². The molecule has 2 N–H and O–H groups in total. The van der Waals surface area contributed by atoms with Gasteiger partial charge in [0.25, 0.3) is 0 Å². The van der Waals surface area contributed by atoms with Crippen molar-refractivity contribution in [2.45, 2.75) is 19.8 Å². The summed E-state index contributed by atoms with van der Waals surface area (Å²) in [5.74, 6) is 0.900. The Morgan fingerprint density at radius 3 is 2.87 bits per heavy atom. The van der Waals surface area contributed by atoms with Gasteiger partial charge in [0.2, 0.25) is 0 Å². The molecular formula is C16H27ClN4OS. The molecule has 0 amide bonds. The van der Waals surface area contributed by atoms with Crippen LogP contribution in [0, 0.1) is 0 Å². The minimum Gasteiger partial charge on any atom is -0.379 e. The van der Waals surface area contributed by atoms with Gasteiger partial charge in [0.05, 0.1) is 17.6 Å². The van der Waals surface area contributed by atoms with E-state index in [0.29, 0.717) is 0 Å². The quantitative estimate of drug-likeness (QED) is 0.425. The fourth-order valence-electron chi connectivity index (χ4n) is 2.44. The summed E-state index contributed by atoms with van der Waals surface area (Å²) in [4.78, 5) is 8.39. The van der Waals surface area contributed by atoms with Gasteiger partial charge < -0.3 is 15.4 Å². The van der Waals surface area contributed by atoms with Crippen molar-refractivity contribution in [1.82, 2.24) is 15.5 Å². The van der Waals surface area contributed by atoms with E-state index in [1.807, 2.05) is 6.07 Å². The van der Waals surface area contributed by atoms with Crippen molar-refractivity contribution in [2.75, 3.05) is 52.5 Å². The van der Waals surface area contributed by atoms with Crippen LogP contribution >= 0.6 is 22.9 Å². The van der Waals surface area contributed by atoms with Crippen LogP contribution in [-0.4, -0.2) is 63.3 Å². The van der Waals surface area contributed by atoms with Crippen LogP contribution in [0.3, 0.4) is 0 Å². The highest BCUT2D eigenvalue weighted by Gasteiger charge is 2.09. The molecule has 1 aliphatic heterocycles. The lowest BCUT2D eigenvalue weighted by atomic mass is 10.3. The smallest absolute Gasteiger partial charge is 0.191 e. The van der Waals surface area contributed by atoms with Gasteiger partial charge in [-0.05, 0) is 31.9 Å². The molecule has 2 heterocycles. The number of hydrogen-bond acceptors (Lipinski definition) is 4. The Balaban J connectivity index is 1.64. The Bertz CT molecular complexity index is 474. The highest BCUT2D eigenvalue weighted by atomic mass is 35.5. The summed E-state index contributed by atoms with van der Waals surface area (Å²) in [7, 11) is 0. The molecule has 1 aromatic heterocycles. The maximum Gasteiger partial charge on any atom is 0.191 e.